The zero-order chi connectivity index (χ0) is 19.0. The summed E-state index contributed by atoms with van der Waals surface area (Å²) in [6.07, 6.45) is 2.13. The SMILES string of the molecule is CN1N=C(C(=O)N2CCC[C@H](C(=O)c3ccc4c(c3)OCO4)C2)CCC1=O. The number of rotatable bonds is 3. The van der Waals surface area contributed by atoms with Crippen LogP contribution in [0.2, 0.25) is 0 Å². The number of ketones is 1. The summed E-state index contributed by atoms with van der Waals surface area (Å²) in [5.74, 6) is 0.684. The Balaban J connectivity index is 1.46. The van der Waals surface area contributed by atoms with Crippen molar-refractivity contribution in [2.75, 3.05) is 26.9 Å². The molecule has 1 fully saturated rings. The molecular formula is C19H21N3O5. The topological polar surface area (TPSA) is 88.5 Å². The molecule has 3 heterocycles. The number of ether oxygens (including phenoxy) is 2. The molecule has 3 aliphatic rings. The summed E-state index contributed by atoms with van der Waals surface area (Å²) in [6.45, 7) is 1.13. The Hall–Kier alpha value is -2.90. The number of benzene rings is 1. The molecule has 0 radical (unpaired) electrons. The van der Waals surface area contributed by atoms with E-state index in [0.717, 1.165) is 12.8 Å². The minimum atomic E-state index is -0.258. The van der Waals surface area contributed by atoms with Crippen LogP contribution >= 0.6 is 0 Å². The minimum absolute atomic E-state index is 0.00341. The van der Waals surface area contributed by atoms with Gasteiger partial charge in [-0.05, 0) is 31.0 Å². The first-order valence-corrected chi connectivity index (χ1v) is 9.10. The second-order valence-corrected chi connectivity index (χ2v) is 6.99. The zero-order valence-corrected chi connectivity index (χ0v) is 15.1. The number of carbonyl (C=O) groups excluding carboxylic acids is 3. The molecule has 1 aromatic carbocycles. The first-order chi connectivity index (χ1) is 13.0. The maximum Gasteiger partial charge on any atom is 0.270 e. The van der Waals surface area contributed by atoms with Crippen LogP contribution in [0.3, 0.4) is 0 Å². The van der Waals surface area contributed by atoms with Gasteiger partial charge in [0.1, 0.15) is 5.71 Å². The van der Waals surface area contributed by atoms with Crippen molar-refractivity contribution in [2.45, 2.75) is 25.7 Å². The van der Waals surface area contributed by atoms with Crippen LogP contribution in [-0.4, -0.2) is 60.1 Å². The largest absolute Gasteiger partial charge is 0.454 e. The quantitative estimate of drug-likeness (QED) is 0.751. The van der Waals surface area contributed by atoms with Gasteiger partial charge in [-0.15, -0.1) is 0 Å². The molecule has 142 valence electrons. The number of Topliss-reactive ketones (excluding diaryl/α,β-unsaturated/α-hetero) is 1. The highest BCUT2D eigenvalue weighted by molar-refractivity contribution is 6.39. The molecule has 3 aliphatic heterocycles. The summed E-state index contributed by atoms with van der Waals surface area (Å²) in [7, 11) is 1.55. The number of nitrogens with zero attached hydrogens (tertiary/aromatic N) is 3. The van der Waals surface area contributed by atoms with Crippen LogP contribution in [0.1, 0.15) is 36.0 Å². The molecule has 1 atom stereocenters. The van der Waals surface area contributed by atoms with Gasteiger partial charge in [-0.25, -0.2) is 5.01 Å². The van der Waals surface area contributed by atoms with E-state index in [4.69, 9.17) is 9.47 Å². The van der Waals surface area contributed by atoms with Crippen molar-refractivity contribution in [3.63, 3.8) is 0 Å². The molecular weight excluding hydrogens is 350 g/mol. The van der Waals surface area contributed by atoms with E-state index in [2.05, 4.69) is 5.10 Å². The number of hydrogen-bond acceptors (Lipinski definition) is 6. The van der Waals surface area contributed by atoms with Gasteiger partial charge in [-0.3, -0.25) is 14.4 Å². The predicted molar refractivity (Wildman–Crippen MR) is 95.6 cm³/mol. The Morgan fingerprint density at radius 2 is 2.00 bits per heavy atom. The number of carbonyl (C=O) groups is 3. The number of hydrazone groups is 1. The minimum Gasteiger partial charge on any atom is -0.454 e. The van der Waals surface area contributed by atoms with E-state index in [1.54, 1.807) is 30.1 Å². The van der Waals surface area contributed by atoms with Crippen LogP contribution in [0.5, 0.6) is 11.5 Å². The standard InChI is InChI=1S/C19H21N3O5/c1-21-17(23)7-5-14(20-21)19(25)22-8-2-3-13(10-22)18(24)12-4-6-15-16(9-12)27-11-26-15/h4,6,9,13H,2-3,5,7-8,10-11H2,1H3/t13-/m0/s1. The molecule has 8 heteroatoms. The van der Waals surface area contributed by atoms with Gasteiger partial charge in [0.25, 0.3) is 5.91 Å². The average molecular weight is 371 g/mol. The molecule has 27 heavy (non-hydrogen) atoms. The number of hydrogen-bond donors (Lipinski definition) is 0. The van der Waals surface area contributed by atoms with E-state index < -0.39 is 0 Å². The highest BCUT2D eigenvalue weighted by atomic mass is 16.7. The van der Waals surface area contributed by atoms with Gasteiger partial charge in [0.2, 0.25) is 12.7 Å². The van der Waals surface area contributed by atoms with Gasteiger partial charge < -0.3 is 14.4 Å². The van der Waals surface area contributed by atoms with E-state index in [9.17, 15) is 14.4 Å². The molecule has 8 nitrogen and oxygen atoms in total. The van der Waals surface area contributed by atoms with Gasteiger partial charge >= 0.3 is 0 Å². The van der Waals surface area contributed by atoms with Crippen molar-refractivity contribution in [3.8, 4) is 11.5 Å². The first kappa shape index (κ1) is 17.5. The lowest BCUT2D eigenvalue weighted by molar-refractivity contribution is -0.130. The lowest BCUT2D eigenvalue weighted by atomic mass is 9.89. The van der Waals surface area contributed by atoms with E-state index in [1.807, 2.05) is 0 Å². The van der Waals surface area contributed by atoms with E-state index in [1.165, 1.54) is 5.01 Å². The van der Waals surface area contributed by atoms with Crippen LogP contribution in [0.4, 0.5) is 0 Å². The van der Waals surface area contributed by atoms with Crippen molar-refractivity contribution in [1.29, 1.82) is 0 Å². The number of piperidine rings is 1. The second kappa shape index (κ2) is 7.02. The van der Waals surface area contributed by atoms with Crippen molar-refractivity contribution < 1.29 is 23.9 Å². The van der Waals surface area contributed by atoms with E-state index in [0.29, 0.717) is 42.3 Å². The lowest BCUT2D eigenvalue weighted by Crippen LogP contribution is -2.46. The third-order valence-corrected chi connectivity index (χ3v) is 5.19. The first-order valence-electron chi connectivity index (χ1n) is 9.10. The lowest BCUT2D eigenvalue weighted by Gasteiger charge is -2.33. The molecule has 4 rings (SSSR count). The Bertz CT molecular complexity index is 835. The summed E-state index contributed by atoms with van der Waals surface area (Å²) < 4.78 is 10.6. The number of fused-ring (bicyclic) bond motifs is 1. The molecule has 1 aromatic rings. The van der Waals surface area contributed by atoms with Gasteiger partial charge in [0.15, 0.2) is 17.3 Å². The predicted octanol–water partition coefficient (Wildman–Crippen LogP) is 1.44. The summed E-state index contributed by atoms with van der Waals surface area (Å²) in [5, 5.41) is 5.32. The Morgan fingerprint density at radius 1 is 1.19 bits per heavy atom. The van der Waals surface area contributed by atoms with E-state index >= 15 is 0 Å². The van der Waals surface area contributed by atoms with Gasteiger partial charge in [0, 0.05) is 44.5 Å². The molecule has 0 aromatic heterocycles. The van der Waals surface area contributed by atoms with Crippen molar-refractivity contribution >= 4 is 23.3 Å². The molecule has 0 saturated carbocycles. The van der Waals surface area contributed by atoms with Crippen LogP contribution in [0, 0.1) is 5.92 Å². The third-order valence-electron chi connectivity index (χ3n) is 5.19. The summed E-state index contributed by atoms with van der Waals surface area (Å²) >= 11 is 0. The zero-order valence-electron chi connectivity index (χ0n) is 15.1. The fraction of sp³-hybridized carbons (Fsp3) is 0.474. The van der Waals surface area contributed by atoms with Crippen molar-refractivity contribution in [3.05, 3.63) is 23.8 Å². The Morgan fingerprint density at radius 3 is 2.81 bits per heavy atom. The Labute approximate surface area is 156 Å². The molecule has 1 saturated heterocycles. The molecule has 0 unspecified atom stereocenters. The fourth-order valence-corrected chi connectivity index (χ4v) is 3.67. The Kier molecular flexibility index (Phi) is 4.55. The van der Waals surface area contributed by atoms with Crippen LogP contribution in [0.15, 0.2) is 23.3 Å². The maximum atomic E-state index is 12.9. The van der Waals surface area contributed by atoms with Crippen LogP contribution in [0.25, 0.3) is 0 Å². The fourth-order valence-electron chi connectivity index (χ4n) is 3.67. The molecule has 2 amide bonds. The summed E-state index contributed by atoms with van der Waals surface area (Å²) in [6, 6.07) is 5.19. The third kappa shape index (κ3) is 3.39. The smallest absolute Gasteiger partial charge is 0.270 e. The highest BCUT2D eigenvalue weighted by Crippen LogP contribution is 2.34. The number of amides is 2. The van der Waals surface area contributed by atoms with Crippen molar-refractivity contribution in [1.82, 2.24) is 9.91 Å². The van der Waals surface area contributed by atoms with Gasteiger partial charge in [-0.1, -0.05) is 0 Å². The molecule has 0 bridgehead atoms. The van der Waals surface area contributed by atoms with Gasteiger partial charge in [0.05, 0.1) is 0 Å². The summed E-state index contributed by atoms with van der Waals surface area (Å²) in [4.78, 5) is 38.9. The second-order valence-electron chi connectivity index (χ2n) is 6.99. The average Bonchev–Trinajstić information content (AvgIpc) is 3.17. The molecule has 0 aliphatic carbocycles. The van der Waals surface area contributed by atoms with Crippen LogP contribution in [-0.2, 0) is 9.59 Å². The van der Waals surface area contributed by atoms with Gasteiger partial charge in [-0.2, -0.15) is 5.10 Å². The number of likely N-dealkylation sites (tertiary alicyclic amines) is 1. The van der Waals surface area contributed by atoms with E-state index in [-0.39, 0.29) is 36.7 Å². The highest BCUT2D eigenvalue weighted by Gasteiger charge is 2.33. The normalized spacial score (nSPS) is 21.9. The van der Waals surface area contributed by atoms with Crippen molar-refractivity contribution in [2.24, 2.45) is 11.0 Å². The maximum absolute atomic E-state index is 12.9. The summed E-state index contributed by atoms with van der Waals surface area (Å²) in [5.41, 5.74) is 0.951. The van der Waals surface area contributed by atoms with Crippen LogP contribution < -0.4 is 9.47 Å². The monoisotopic (exact) mass is 371 g/mol. The molecule has 0 spiro atoms. The molecule has 0 N–H and O–H groups in total.